The Morgan fingerprint density at radius 2 is 1.83 bits per heavy atom. The summed E-state index contributed by atoms with van der Waals surface area (Å²) < 4.78 is 14.4. The molecule has 0 bridgehead atoms. The van der Waals surface area contributed by atoms with E-state index in [1.54, 1.807) is 24.3 Å². The summed E-state index contributed by atoms with van der Waals surface area (Å²) in [6.07, 6.45) is 0. The van der Waals surface area contributed by atoms with Gasteiger partial charge in [-0.1, -0.05) is 29.5 Å². The number of carbonyl (C=O) groups is 2. The summed E-state index contributed by atoms with van der Waals surface area (Å²) in [4.78, 5) is 43.4. The number of thiazole rings is 1. The Morgan fingerprint density at radius 3 is 2.53 bits per heavy atom. The third-order valence-corrected chi connectivity index (χ3v) is 5.75. The van der Waals surface area contributed by atoms with E-state index < -0.39 is 17.4 Å². The van der Waals surface area contributed by atoms with Gasteiger partial charge in [0.2, 0.25) is 10.9 Å². The number of hydrogen-bond acceptors (Lipinski definition) is 6. The fourth-order valence-electron chi connectivity index (χ4n) is 3.42. The average molecular weight is 421 g/mol. The minimum absolute atomic E-state index is 0.181. The van der Waals surface area contributed by atoms with E-state index in [0.29, 0.717) is 21.8 Å². The number of carbonyl (C=O) groups excluding carboxylic acids is 2. The predicted molar refractivity (Wildman–Crippen MR) is 108 cm³/mol. The molecule has 4 aromatic rings. The van der Waals surface area contributed by atoms with Gasteiger partial charge in [-0.15, -0.1) is 5.10 Å². The highest BCUT2D eigenvalue weighted by Crippen LogP contribution is 2.34. The number of halogens is 1. The molecule has 0 saturated heterocycles. The first kappa shape index (κ1) is 18.1. The lowest BCUT2D eigenvalue weighted by Crippen LogP contribution is -2.37. The molecule has 0 fully saturated rings. The summed E-state index contributed by atoms with van der Waals surface area (Å²) in [6.45, 7) is -0.289. The zero-order valence-corrected chi connectivity index (χ0v) is 16.0. The third kappa shape index (κ3) is 2.69. The van der Waals surface area contributed by atoms with Crippen LogP contribution in [0.3, 0.4) is 0 Å². The molecule has 2 aromatic heterocycles. The fraction of sp³-hybridized carbons (Fsp3) is 0.0500. The summed E-state index contributed by atoms with van der Waals surface area (Å²) in [5.41, 5.74) is 6.61. The maximum absolute atomic E-state index is 13.1. The van der Waals surface area contributed by atoms with Gasteiger partial charge in [0.05, 0.1) is 11.3 Å². The fourth-order valence-corrected chi connectivity index (χ4v) is 4.42. The number of nitrogens with zero attached hydrogens (tertiary/aromatic N) is 4. The molecule has 5 rings (SSSR count). The summed E-state index contributed by atoms with van der Waals surface area (Å²) in [5.74, 6) is -1.24. The van der Waals surface area contributed by atoms with Crippen molar-refractivity contribution >= 4 is 39.4 Å². The van der Waals surface area contributed by atoms with E-state index in [-0.39, 0.29) is 28.3 Å². The van der Waals surface area contributed by atoms with E-state index in [9.17, 15) is 18.8 Å². The van der Waals surface area contributed by atoms with Crippen molar-refractivity contribution < 1.29 is 14.0 Å². The van der Waals surface area contributed by atoms with Crippen LogP contribution in [0.4, 0.5) is 10.1 Å². The molecule has 2 amide bonds. The van der Waals surface area contributed by atoms with Crippen molar-refractivity contribution in [3.05, 3.63) is 74.8 Å². The maximum atomic E-state index is 13.1. The lowest BCUT2D eigenvalue weighted by molar-refractivity contribution is -0.119. The lowest BCUT2D eigenvalue weighted by Gasteiger charge is -2.14. The number of hydrogen-bond donors (Lipinski definition) is 1. The van der Waals surface area contributed by atoms with Crippen molar-refractivity contribution in [3.8, 4) is 11.4 Å². The normalized spacial score (nSPS) is 15.1. The molecule has 2 aromatic carbocycles. The molecule has 0 saturated carbocycles. The van der Waals surface area contributed by atoms with Crippen LogP contribution in [-0.4, -0.2) is 33.0 Å². The first-order valence-corrected chi connectivity index (χ1v) is 9.65. The van der Waals surface area contributed by atoms with E-state index in [4.69, 9.17) is 5.73 Å². The van der Waals surface area contributed by atoms with Crippen molar-refractivity contribution in [1.29, 1.82) is 0 Å². The van der Waals surface area contributed by atoms with Crippen LogP contribution in [-0.2, 0) is 9.59 Å². The molecular formula is C20H12FN5O3S. The molecule has 0 radical (unpaired) electrons. The number of anilines is 1. The first-order chi connectivity index (χ1) is 14.4. The standard InChI is InChI=1S/C20H12FN5O3S/c21-11-7-5-10(6-8-11)17-23-20-26(24-17)19(29)16(30-20)15-12-3-1-2-4-13(12)25(18(15)28)9-14(22)27/h1-8H,9H2,(H2,22,27)/b16-15-. The van der Waals surface area contributed by atoms with Gasteiger partial charge in [0.1, 0.15) is 16.9 Å². The topological polar surface area (TPSA) is 111 Å². The van der Waals surface area contributed by atoms with Gasteiger partial charge in [0, 0.05) is 11.1 Å². The number of benzene rings is 2. The van der Waals surface area contributed by atoms with Crippen molar-refractivity contribution in [2.45, 2.75) is 0 Å². The van der Waals surface area contributed by atoms with Crippen LogP contribution in [0.5, 0.6) is 0 Å². The molecule has 0 atom stereocenters. The van der Waals surface area contributed by atoms with Crippen LogP contribution in [0.1, 0.15) is 5.56 Å². The number of aromatic nitrogens is 3. The number of para-hydroxylation sites is 1. The van der Waals surface area contributed by atoms with E-state index in [0.717, 1.165) is 15.9 Å². The molecule has 1 aliphatic heterocycles. The Morgan fingerprint density at radius 1 is 1.10 bits per heavy atom. The highest BCUT2D eigenvalue weighted by atomic mass is 32.1. The third-order valence-electron chi connectivity index (χ3n) is 4.72. The van der Waals surface area contributed by atoms with Crippen LogP contribution in [0.2, 0.25) is 0 Å². The number of rotatable bonds is 3. The summed E-state index contributed by atoms with van der Waals surface area (Å²) in [5, 5.41) is 4.22. The molecule has 10 heteroatoms. The van der Waals surface area contributed by atoms with Gasteiger partial charge in [-0.25, -0.2) is 4.39 Å². The number of amides is 2. The minimum atomic E-state index is -0.659. The quantitative estimate of drug-likeness (QED) is 0.524. The minimum Gasteiger partial charge on any atom is -0.368 e. The van der Waals surface area contributed by atoms with Crippen LogP contribution in [0, 0.1) is 5.82 Å². The predicted octanol–water partition coefficient (Wildman–Crippen LogP) is 0.707. The van der Waals surface area contributed by atoms with Crippen LogP contribution >= 0.6 is 11.3 Å². The van der Waals surface area contributed by atoms with Gasteiger partial charge in [0.15, 0.2) is 5.82 Å². The second kappa shape index (κ2) is 6.56. The molecule has 0 unspecified atom stereocenters. The number of nitrogens with two attached hydrogens (primary N) is 1. The zero-order chi connectivity index (χ0) is 21.0. The highest BCUT2D eigenvalue weighted by molar-refractivity contribution is 7.15. The Hall–Kier alpha value is -3.92. The zero-order valence-electron chi connectivity index (χ0n) is 15.2. The molecule has 8 nitrogen and oxygen atoms in total. The van der Waals surface area contributed by atoms with E-state index in [2.05, 4.69) is 10.1 Å². The molecular weight excluding hydrogens is 409 g/mol. The second-order valence-corrected chi connectivity index (χ2v) is 7.60. The Balaban J connectivity index is 1.70. The van der Waals surface area contributed by atoms with E-state index in [1.165, 1.54) is 29.2 Å². The molecule has 148 valence electrons. The Labute approximate surface area is 171 Å². The van der Waals surface area contributed by atoms with E-state index in [1.807, 2.05) is 0 Å². The smallest absolute Gasteiger partial charge is 0.291 e. The molecule has 1 aliphatic rings. The maximum Gasteiger partial charge on any atom is 0.291 e. The van der Waals surface area contributed by atoms with Gasteiger partial charge >= 0.3 is 0 Å². The largest absolute Gasteiger partial charge is 0.368 e. The summed E-state index contributed by atoms with van der Waals surface area (Å²) >= 11 is 1.03. The van der Waals surface area contributed by atoms with Gasteiger partial charge in [0.25, 0.3) is 11.5 Å². The summed E-state index contributed by atoms with van der Waals surface area (Å²) in [6, 6.07) is 12.5. The van der Waals surface area contributed by atoms with Crippen molar-refractivity contribution in [2.75, 3.05) is 11.4 Å². The second-order valence-electron chi connectivity index (χ2n) is 6.62. The van der Waals surface area contributed by atoms with Crippen LogP contribution in [0.15, 0.2) is 53.3 Å². The van der Waals surface area contributed by atoms with Gasteiger partial charge in [-0.05, 0) is 30.3 Å². The first-order valence-electron chi connectivity index (χ1n) is 8.83. The SMILES string of the molecule is NC(=O)CN1C(=O)/C(=c2\sc3nc(-c4ccc(F)cc4)nn3c2=O)c2ccccc21. The molecule has 30 heavy (non-hydrogen) atoms. The number of primary amides is 1. The van der Waals surface area contributed by atoms with Crippen LogP contribution < -0.4 is 20.7 Å². The average Bonchev–Trinajstić information content (AvgIpc) is 3.35. The Bertz CT molecular complexity index is 1460. The van der Waals surface area contributed by atoms with Crippen molar-refractivity contribution in [3.63, 3.8) is 0 Å². The van der Waals surface area contributed by atoms with Crippen LogP contribution in [0.25, 0.3) is 21.9 Å². The highest BCUT2D eigenvalue weighted by Gasteiger charge is 2.35. The summed E-state index contributed by atoms with van der Waals surface area (Å²) in [7, 11) is 0. The Kier molecular flexibility index (Phi) is 3.97. The lowest BCUT2D eigenvalue weighted by atomic mass is 10.1. The van der Waals surface area contributed by atoms with E-state index >= 15 is 0 Å². The molecule has 2 N–H and O–H groups in total. The van der Waals surface area contributed by atoms with Crippen molar-refractivity contribution in [1.82, 2.24) is 14.6 Å². The van der Waals surface area contributed by atoms with Gasteiger partial charge < -0.3 is 5.73 Å². The number of fused-ring (bicyclic) bond motifs is 2. The monoisotopic (exact) mass is 421 g/mol. The van der Waals surface area contributed by atoms with Crippen molar-refractivity contribution in [2.24, 2.45) is 5.73 Å². The molecule has 0 aliphatic carbocycles. The molecule has 3 heterocycles. The van der Waals surface area contributed by atoms with Gasteiger partial charge in [-0.3, -0.25) is 19.3 Å². The van der Waals surface area contributed by atoms with Gasteiger partial charge in [-0.2, -0.15) is 9.50 Å². The molecule has 0 spiro atoms.